The van der Waals surface area contributed by atoms with Crippen LogP contribution < -0.4 is 11.5 Å². The molecule has 0 fully saturated rings. The number of nitrogens with two attached hydrogens (primary N) is 2. The molecule has 0 atom stereocenters. The van der Waals surface area contributed by atoms with Crippen molar-refractivity contribution < 1.29 is 47.4 Å². The lowest BCUT2D eigenvalue weighted by atomic mass is 10.7. The standard InChI is InChI=1S/C24H52N2O10S2/c25-1-3-27-5-7-29-9-11-31-13-15-33-17-19-35-21-23-37-38-24-22-36-20-18-34-16-14-32-12-10-30-8-6-28-4-2-26/h1-26H2. The number of rotatable bonds is 35. The summed E-state index contributed by atoms with van der Waals surface area (Å²) in [6, 6.07) is 0. The Balaban J connectivity index is 3.01. The van der Waals surface area contributed by atoms with Crippen LogP contribution in [-0.4, -0.2) is 157 Å². The Kier molecular flexibility index (Phi) is 37.4. The van der Waals surface area contributed by atoms with E-state index >= 15 is 0 Å². The third kappa shape index (κ3) is 36.2. The summed E-state index contributed by atoms with van der Waals surface area (Å²) in [7, 11) is 3.57. The van der Waals surface area contributed by atoms with Crippen LogP contribution in [0.5, 0.6) is 0 Å². The molecule has 0 radical (unpaired) electrons. The molecule has 0 aromatic heterocycles. The van der Waals surface area contributed by atoms with Gasteiger partial charge < -0.3 is 58.8 Å². The van der Waals surface area contributed by atoms with Gasteiger partial charge in [0.15, 0.2) is 0 Å². The SMILES string of the molecule is NCCOCCOCCOCCOCCOCCSSCCOCCOCCOCCOCCOCCN. The fourth-order valence-corrected chi connectivity index (χ4v) is 4.16. The van der Waals surface area contributed by atoms with Crippen molar-refractivity contribution >= 4 is 21.6 Å². The molecule has 0 rings (SSSR count). The topological polar surface area (TPSA) is 144 Å². The molecule has 0 bridgehead atoms. The molecule has 0 saturated heterocycles. The van der Waals surface area contributed by atoms with Crippen LogP contribution in [-0.2, 0) is 47.4 Å². The molecule has 14 heteroatoms. The second-order valence-electron chi connectivity index (χ2n) is 7.35. The molecule has 230 valence electrons. The zero-order chi connectivity index (χ0) is 27.5. The fraction of sp³-hybridized carbons (Fsp3) is 1.00. The van der Waals surface area contributed by atoms with Crippen molar-refractivity contribution in [1.82, 2.24) is 0 Å². The molecule has 12 nitrogen and oxygen atoms in total. The second-order valence-corrected chi connectivity index (χ2v) is 10.0. The minimum atomic E-state index is 0.532. The quantitative estimate of drug-likeness (QED) is 0.0776. The lowest BCUT2D eigenvalue weighted by molar-refractivity contribution is -0.00953. The molecule has 0 heterocycles. The third-order valence-electron chi connectivity index (χ3n) is 4.21. The van der Waals surface area contributed by atoms with Gasteiger partial charge in [-0.25, -0.2) is 0 Å². The van der Waals surface area contributed by atoms with Gasteiger partial charge in [0.1, 0.15) is 0 Å². The van der Waals surface area contributed by atoms with Crippen molar-refractivity contribution in [2.45, 2.75) is 0 Å². The van der Waals surface area contributed by atoms with Crippen LogP contribution in [0.1, 0.15) is 0 Å². The summed E-state index contributed by atoms with van der Waals surface area (Å²) in [5, 5.41) is 0. The Morgan fingerprint density at radius 3 is 0.658 bits per heavy atom. The lowest BCUT2D eigenvalue weighted by Crippen LogP contribution is -2.15. The zero-order valence-electron chi connectivity index (χ0n) is 23.0. The van der Waals surface area contributed by atoms with E-state index in [2.05, 4.69) is 0 Å². The second kappa shape index (κ2) is 37.2. The van der Waals surface area contributed by atoms with E-state index in [4.69, 9.17) is 58.8 Å². The molecule has 0 aromatic carbocycles. The van der Waals surface area contributed by atoms with E-state index in [1.165, 1.54) is 0 Å². The molecule has 0 aliphatic carbocycles. The van der Waals surface area contributed by atoms with Crippen molar-refractivity contribution in [2.75, 3.05) is 157 Å². The first kappa shape index (κ1) is 38.2. The number of hydrogen-bond donors (Lipinski definition) is 2. The Morgan fingerprint density at radius 2 is 0.447 bits per heavy atom. The van der Waals surface area contributed by atoms with E-state index in [0.717, 1.165) is 11.5 Å². The van der Waals surface area contributed by atoms with E-state index in [0.29, 0.717) is 145 Å². The van der Waals surface area contributed by atoms with Crippen LogP contribution in [0.4, 0.5) is 0 Å². The van der Waals surface area contributed by atoms with Gasteiger partial charge in [0.25, 0.3) is 0 Å². The minimum Gasteiger partial charge on any atom is -0.378 e. The van der Waals surface area contributed by atoms with Gasteiger partial charge in [-0.15, -0.1) is 0 Å². The van der Waals surface area contributed by atoms with Gasteiger partial charge in [0.2, 0.25) is 0 Å². The highest BCUT2D eigenvalue weighted by Gasteiger charge is 1.96. The van der Waals surface area contributed by atoms with E-state index in [9.17, 15) is 0 Å². The monoisotopic (exact) mass is 592 g/mol. The predicted octanol–water partition coefficient (Wildman–Crippen LogP) is 0.451. The molecular weight excluding hydrogens is 540 g/mol. The molecule has 0 aromatic rings. The van der Waals surface area contributed by atoms with Crippen molar-refractivity contribution in [3.8, 4) is 0 Å². The molecular formula is C24H52N2O10S2. The van der Waals surface area contributed by atoms with Gasteiger partial charge in [-0.1, -0.05) is 21.6 Å². The van der Waals surface area contributed by atoms with Gasteiger partial charge in [0.05, 0.1) is 132 Å². The third-order valence-corrected chi connectivity index (χ3v) is 6.54. The molecule has 0 aliphatic rings. The smallest absolute Gasteiger partial charge is 0.0701 e. The Hall–Kier alpha value is 0.220. The Labute approximate surface area is 237 Å². The summed E-state index contributed by atoms with van der Waals surface area (Å²) in [6.45, 7) is 12.5. The van der Waals surface area contributed by atoms with Gasteiger partial charge in [0, 0.05) is 24.6 Å². The van der Waals surface area contributed by atoms with Gasteiger partial charge >= 0.3 is 0 Å². The van der Waals surface area contributed by atoms with Gasteiger partial charge in [-0.05, 0) is 0 Å². The van der Waals surface area contributed by atoms with Crippen LogP contribution >= 0.6 is 21.6 Å². The minimum absolute atomic E-state index is 0.532. The lowest BCUT2D eigenvalue weighted by Gasteiger charge is -2.08. The summed E-state index contributed by atoms with van der Waals surface area (Å²) in [5.41, 5.74) is 10.7. The Bertz CT molecular complexity index is 388. The number of ether oxygens (including phenoxy) is 10. The summed E-state index contributed by atoms with van der Waals surface area (Å²) in [6.07, 6.45) is 0. The molecule has 4 N–H and O–H groups in total. The zero-order valence-corrected chi connectivity index (χ0v) is 24.7. The highest BCUT2D eigenvalue weighted by Crippen LogP contribution is 2.20. The highest BCUT2D eigenvalue weighted by molar-refractivity contribution is 8.76. The van der Waals surface area contributed by atoms with Crippen LogP contribution in [0, 0.1) is 0 Å². The molecule has 0 spiro atoms. The summed E-state index contributed by atoms with van der Waals surface area (Å²) < 4.78 is 54.1. The molecule has 0 aliphatic heterocycles. The van der Waals surface area contributed by atoms with Crippen molar-refractivity contribution in [1.29, 1.82) is 0 Å². The Morgan fingerprint density at radius 1 is 0.263 bits per heavy atom. The first-order valence-corrected chi connectivity index (χ1v) is 15.8. The maximum Gasteiger partial charge on any atom is 0.0701 e. The summed E-state index contributed by atoms with van der Waals surface area (Å²) in [4.78, 5) is 0. The molecule has 38 heavy (non-hydrogen) atoms. The van der Waals surface area contributed by atoms with Crippen molar-refractivity contribution in [2.24, 2.45) is 11.5 Å². The summed E-state index contributed by atoms with van der Waals surface area (Å²) in [5.74, 6) is 1.86. The first-order chi connectivity index (χ1) is 18.9. The highest BCUT2D eigenvalue weighted by atomic mass is 33.1. The molecule has 0 amide bonds. The summed E-state index contributed by atoms with van der Waals surface area (Å²) >= 11 is 0. The van der Waals surface area contributed by atoms with E-state index in [1.807, 2.05) is 0 Å². The predicted molar refractivity (Wildman–Crippen MR) is 151 cm³/mol. The van der Waals surface area contributed by atoms with Gasteiger partial charge in [-0.2, -0.15) is 0 Å². The fourth-order valence-electron chi connectivity index (χ4n) is 2.43. The maximum absolute atomic E-state index is 5.56. The molecule has 0 saturated carbocycles. The largest absolute Gasteiger partial charge is 0.378 e. The van der Waals surface area contributed by atoms with Crippen LogP contribution in [0.3, 0.4) is 0 Å². The maximum atomic E-state index is 5.56. The van der Waals surface area contributed by atoms with Gasteiger partial charge in [-0.3, -0.25) is 0 Å². The van der Waals surface area contributed by atoms with E-state index in [-0.39, 0.29) is 0 Å². The van der Waals surface area contributed by atoms with E-state index < -0.39 is 0 Å². The van der Waals surface area contributed by atoms with Crippen LogP contribution in [0.15, 0.2) is 0 Å². The normalized spacial score (nSPS) is 11.5. The first-order valence-electron chi connectivity index (χ1n) is 13.3. The number of hydrogen-bond acceptors (Lipinski definition) is 14. The van der Waals surface area contributed by atoms with Crippen molar-refractivity contribution in [3.63, 3.8) is 0 Å². The van der Waals surface area contributed by atoms with Crippen LogP contribution in [0.25, 0.3) is 0 Å². The van der Waals surface area contributed by atoms with Crippen LogP contribution in [0.2, 0.25) is 0 Å². The molecule has 0 unspecified atom stereocenters. The average Bonchev–Trinajstić information content (AvgIpc) is 2.93. The van der Waals surface area contributed by atoms with Crippen molar-refractivity contribution in [3.05, 3.63) is 0 Å². The average molecular weight is 593 g/mol. The van der Waals surface area contributed by atoms with E-state index in [1.54, 1.807) is 21.6 Å².